The number of hydrogen-bond acceptors (Lipinski definition) is 4. The van der Waals surface area contributed by atoms with Crippen LogP contribution in [0.3, 0.4) is 0 Å². The summed E-state index contributed by atoms with van der Waals surface area (Å²) in [6.07, 6.45) is 4.18. The van der Waals surface area contributed by atoms with Crippen LogP contribution in [0.5, 0.6) is 0 Å². The molecule has 20 heavy (non-hydrogen) atoms. The molecule has 2 aromatic heterocycles. The summed E-state index contributed by atoms with van der Waals surface area (Å²) >= 11 is 0. The fourth-order valence-corrected chi connectivity index (χ4v) is 2.65. The summed E-state index contributed by atoms with van der Waals surface area (Å²) in [7, 11) is 0. The fourth-order valence-electron chi connectivity index (χ4n) is 2.65. The van der Waals surface area contributed by atoms with Crippen LogP contribution in [0.1, 0.15) is 42.8 Å². The first-order chi connectivity index (χ1) is 9.54. The van der Waals surface area contributed by atoms with Crippen molar-refractivity contribution in [3.8, 4) is 0 Å². The average Bonchev–Trinajstić information content (AvgIpc) is 3.11. The molecule has 0 radical (unpaired) electrons. The number of hydrogen-bond donors (Lipinski definition) is 2. The van der Waals surface area contributed by atoms with Gasteiger partial charge in [0.15, 0.2) is 5.65 Å². The molecule has 2 heterocycles. The lowest BCUT2D eigenvalue weighted by atomic mass is 10.1. The van der Waals surface area contributed by atoms with E-state index >= 15 is 0 Å². The van der Waals surface area contributed by atoms with Gasteiger partial charge in [0, 0.05) is 48.1 Å². The number of rotatable bonds is 5. The number of aliphatic hydroxyl groups is 1. The maximum atomic E-state index is 9.37. The van der Waals surface area contributed by atoms with Gasteiger partial charge in [-0.2, -0.15) is 5.10 Å². The van der Waals surface area contributed by atoms with Crippen LogP contribution in [0.4, 0.5) is 0 Å². The van der Waals surface area contributed by atoms with Gasteiger partial charge in [-0.25, -0.2) is 9.50 Å². The second kappa shape index (κ2) is 4.82. The molecule has 1 aliphatic carbocycles. The normalized spacial score (nSPS) is 18.4. The van der Waals surface area contributed by atoms with E-state index in [-0.39, 0.29) is 18.1 Å². The molecule has 1 aliphatic rings. The van der Waals surface area contributed by atoms with Crippen molar-refractivity contribution in [3.63, 3.8) is 0 Å². The zero-order valence-electron chi connectivity index (χ0n) is 12.3. The third-order valence-electron chi connectivity index (χ3n) is 4.43. The highest BCUT2D eigenvalue weighted by atomic mass is 16.3. The number of nitrogens with zero attached hydrogens (tertiary/aromatic N) is 3. The van der Waals surface area contributed by atoms with E-state index in [1.807, 2.05) is 23.7 Å². The average molecular weight is 274 g/mol. The highest BCUT2D eigenvalue weighted by molar-refractivity contribution is 5.42. The minimum atomic E-state index is 0.127. The Kier molecular flexibility index (Phi) is 3.26. The first kappa shape index (κ1) is 13.5. The Morgan fingerprint density at radius 3 is 2.85 bits per heavy atom. The van der Waals surface area contributed by atoms with Gasteiger partial charge in [0.25, 0.3) is 0 Å². The zero-order valence-corrected chi connectivity index (χ0v) is 12.3. The monoisotopic (exact) mass is 274 g/mol. The Labute approximate surface area is 119 Å². The van der Waals surface area contributed by atoms with Gasteiger partial charge in [0.1, 0.15) is 0 Å². The van der Waals surface area contributed by atoms with Crippen LogP contribution in [0, 0.1) is 19.3 Å². The second-order valence-electron chi connectivity index (χ2n) is 6.12. The van der Waals surface area contributed by atoms with E-state index < -0.39 is 0 Å². The molecule has 0 aliphatic heterocycles. The molecule has 1 unspecified atom stereocenters. The molecule has 108 valence electrons. The second-order valence-corrected chi connectivity index (χ2v) is 6.12. The van der Waals surface area contributed by atoms with Crippen LogP contribution < -0.4 is 5.32 Å². The summed E-state index contributed by atoms with van der Waals surface area (Å²) in [5, 5.41) is 17.4. The van der Waals surface area contributed by atoms with E-state index in [1.165, 1.54) is 0 Å². The summed E-state index contributed by atoms with van der Waals surface area (Å²) in [4.78, 5) is 4.48. The highest BCUT2D eigenvalue weighted by Crippen LogP contribution is 2.44. The maximum absolute atomic E-state index is 9.37. The molecule has 5 heteroatoms. The van der Waals surface area contributed by atoms with E-state index in [0.717, 1.165) is 42.0 Å². The summed E-state index contributed by atoms with van der Waals surface area (Å²) < 4.78 is 1.90. The van der Waals surface area contributed by atoms with Gasteiger partial charge in [0.05, 0.1) is 5.69 Å². The SMILES string of the molecule is Cc1cc2ncc(C(C)NCC3(CO)CC3)c(C)n2n1. The standard InChI is InChI=1S/C15H22N4O/c1-10-6-14-16-7-13(12(3)19(14)18-10)11(2)17-8-15(9-20)4-5-15/h6-7,11,17,20H,4-5,8-9H2,1-3H3. The number of aromatic nitrogens is 3. The maximum Gasteiger partial charge on any atom is 0.155 e. The smallest absolute Gasteiger partial charge is 0.155 e. The number of fused-ring (bicyclic) bond motifs is 1. The van der Waals surface area contributed by atoms with Crippen LogP contribution in [-0.4, -0.2) is 32.9 Å². The van der Waals surface area contributed by atoms with Crippen molar-refractivity contribution in [1.82, 2.24) is 19.9 Å². The van der Waals surface area contributed by atoms with Gasteiger partial charge in [-0.15, -0.1) is 0 Å². The lowest BCUT2D eigenvalue weighted by molar-refractivity contribution is 0.204. The topological polar surface area (TPSA) is 62.5 Å². The van der Waals surface area contributed by atoms with Gasteiger partial charge in [-0.1, -0.05) is 0 Å². The fraction of sp³-hybridized carbons (Fsp3) is 0.600. The third-order valence-corrected chi connectivity index (χ3v) is 4.43. The molecular weight excluding hydrogens is 252 g/mol. The van der Waals surface area contributed by atoms with Gasteiger partial charge in [0.2, 0.25) is 0 Å². The largest absolute Gasteiger partial charge is 0.396 e. The quantitative estimate of drug-likeness (QED) is 0.872. The molecule has 0 spiro atoms. The van der Waals surface area contributed by atoms with Crippen LogP contribution in [0.2, 0.25) is 0 Å². The van der Waals surface area contributed by atoms with Gasteiger partial charge < -0.3 is 10.4 Å². The van der Waals surface area contributed by atoms with Crippen LogP contribution in [-0.2, 0) is 0 Å². The van der Waals surface area contributed by atoms with Gasteiger partial charge >= 0.3 is 0 Å². The van der Waals surface area contributed by atoms with Crippen molar-refractivity contribution < 1.29 is 5.11 Å². The lowest BCUT2D eigenvalue weighted by Crippen LogP contribution is -2.29. The molecule has 1 atom stereocenters. The van der Waals surface area contributed by atoms with Crippen LogP contribution in [0.15, 0.2) is 12.3 Å². The molecule has 5 nitrogen and oxygen atoms in total. The molecule has 2 N–H and O–H groups in total. The lowest BCUT2D eigenvalue weighted by Gasteiger charge is -2.20. The summed E-state index contributed by atoms with van der Waals surface area (Å²) in [6.45, 7) is 7.34. The van der Waals surface area contributed by atoms with Crippen molar-refractivity contribution in [1.29, 1.82) is 0 Å². The van der Waals surface area contributed by atoms with E-state index in [9.17, 15) is 5.11 Å². The Morgan fingerprint density at radius 2 is 2.20 bits per heavy atom. The Morgan fingerprint density at radius 1 is 1.45 bits per heavy atom. The van der Waals surface area contributed by atoms with E-state index in [1.54, 1.807) is 0 Å². The third kappa shape index (κ3) is 2.31. The molecule has 0 amide bonds. The summed E-state index contributed by atoms with van der Waals surface area (Å²) in [6, 6.07) is 2.19. The van der Waals surface area contributed by atoms with Gasteiger partial charge in [-0.3, -0.25) is 0 Å². The predicted molar refractivity (Wildman–Crippen MR) is 77.6 cm³/mol. The van der Waals surface area contributed by atoms with Crippen LogP contribution in [0.25, 0.3) is 5.65 Å². The number of aliphatic hydroxyl groups excluding tert-OH is 1. The summed E-state index contributed by atoms with van der Waals surface area (Å²) in [5.74, 6) is 0. The number of aryl methyl sites for hydroxylation is 2. The molecule has 1 saturated carbocycles. The molecule has 0 bridgehead atoms. The number of nitrogens with one attached hydrogen (secondary N) is 1. The molecule has 2 aromatic rings. The Bertz CT molecular complexity index is 630. The van der Waals surface area contributed by atoms with Crippen molar-refractivity contribution in [2.45, 2.75) is 39.7 Å². The molecule has 3 rings (SSSR count). The van der Waals surface area contributed by atoms with Crippen molar-refractivity contribution in [2.75, 3.05) is 13.2 Å². The Hall–Kier alpha value is -1.46. The minimum absolute atomic E-state index is 0.127. The molecule has 0 aromatic carbocycles. The molecular formula is C15H22N4O. The van der Waals surface area contributed by atoms with Crippen molar-refractivity contribution >= 4 is 5.65 Å². The van der Waals surface area contributed by atoms with Gasteiger partial charge in [-0.05, 0) is 33.6 Å². The van der Waals surface area contributed by atoms with Crippen molar-refractivity contribution in [3.05, 3.63) is 29.2 Å². The van der Waals surface area contributed by atoms with E-state index in [0.29, 0.717) is 0 Å². The highest BCUT2D eigenvalue weighted by Gasteiger charge is 2.41. The van der Waals surface area contributed by atoms with Crippen molar-refractivity contribution in [2.24, 2.45) is 5.41 Å². The zero-order chi connectivity index (χ0) is 14.3. The summed E-state index contributed by atoms with van der Waals surface area (Å²) in [5.41, 5.74) is 4.29. The first-order valence-corrected chi connectivity index (χ1v) is 7.21. The van der Waals surface area contributed by atoms with E-state index in [2.05, 4.69) is 29.2 Å². The molecule has 1 fully saturated rings. The Balaban J connectivity index is 1.80. The van der Waals surface area contributed by atoms with E-state index in [4.69, 9.17) is 0 Å². The minimum Gasteiger partial charge on any atom is -0.396 e. The van der Waals surface area contributed by atoms with Crippen LogP contribution >= 0.6 is 0 Å². The first-order valence-electron chi connectivity index (χ1n) is 7.21. The predicted octanol–water partition coefficient (Wildman–Crippen LogP) is 1.77. The molecule has 0 saturated heterocycles.